The van der Waals surface area contributed by atoms with Crippen LogP contribution in [0.5, 0.6) is 11.5 Å². The fourth-order valence-electron chi connectivity index (χ4n) is 7.38. The van der Waals surface area contributed by atoms with E-state index in [1.807, 2.05) is 23.1 Å². The number of likely N-dealkylation sites (tertiary alicyclic amines) is 2. The molecular formula is C41H42ClN5O5. The van der Waals surface area contributed by atoms with Crippen LogP contribution in [0.3, 0.4) is 0 Å². The number of nitriles is 1. The third-order valence-corrected chi connectivity index (χ3v) is 10.5. The Morgan fingerprint density at radius 2 is 1.88 bits per heavy atom. The summed E-state index contributed by atoms with van der Waals surface area (Å²) in [6.07, 6.45) is 7.78. The van der Waals surface area contributed by atoms with Gasteiger partial charge in [-0.05, 0) is 99.3 Å². The zero-order valence-corrected chi connectivity index (χ0v) is 30.2. The second kappa shape index (κ2) is 15.7. The molecule has 1 unspecified atom stereocenters. The highest BCUT2D eigenvalue weighted by atomic mass is 35.5. The fourth-order valence-corrected chi connectivity index (χ4v) is 7.62. The first-order valence-electron chi connectivity index (χ1n) is 17.8. The summed E-state index contributed by atoms with van der Waals surface area (Å²) in [5.74, 6) is 1.27. The van der Waals surface area contributed by atoms with Gasteiger partial charge >= 0.3 is 5.97 Å². The van der Waals surface area contributed by atoms with Gasteiger partial charge in [-0.1, -0.05) is 42.3 Å². The SMILES string of the molecule is Cc1c(COc2cc(OCc3cncc(C#N)c3)c(CN3CCCC[C@H]3C(=O)O)cc2Cl)cccc1-c1ccc2oc(C3CCCN(C)C3)nc2c1. The van der Waals surface area contributed by atoms with Crippen molar-refractivity contribution in [1.29, 1.82) is 5.26 Å². The van der Waals surface area contributed by atoms with E-state index in [1.54, 1.807) is 24.4 Å². The first-order chi connectivity index (χ1) is 25.2. The number of carbonyl (C=O) groups is 1. The van der Waals surface area contributed by atoms with Gasteiger partial charge in [-0.25, -0.2) is 4.98 Å². The van der Waals surface area contributed by atoms with Crippen LogP contribution in [0.2, 0.25) is 5.02 Å². The van der Waals surface area contributed by atoms with Crippen molar-refractivity contribution in [2.45, 2.75) is 70.7 Å². The van der Waals surface area contributed by atoms with E-state index < -0.39 is 12.0 Å². The highest BCUT2D eigenvalue weighted by molar-refractivity contribution is 6.32. The first-order valence-corrected chi connectivity index (χ1v) is 18.2. The molecule has 0 amide bonds. The molecule has 10 nitrogen and oxygen atoms in total. The summed E-state index contributed by atoms with van der Waals surface area (Å²) >= 11 is 6.85. The quantitative estimate of drug-likeness (QED) is 0.143. The lowest BCUT2D eigenvalue weighted by Gasteiger charge is -2.33. The number of pyridine rings is 1. The summed E-state index contributed by atoms with van der Waals surface area (Å²) in [4.78, 5) is 25.4. The Labute approximate surface area is 308 Å². The lowest BCUT2D eigenvalue weighted by Crippen LogP contribution is -2.44. The van der Waals surface area contributed by atoms with Crippen LogP contribution in [-0.2, 0) is 24.6 Å². The Morgan fingerprint density at radius 1 is 1.02 bits per heavy atom. The molecule has 11 heteroatoms. The monoisotopic (exact) mass is 719 g/mol. The average molecular weight is 720 g/mol. The number of piperidine rings is 2. The van der Waals surface area contributed by atoms with Crippen LogP contribution in [0.15, 0.2) is 71.4 Å². The lowest BCUT2D eigenvalue weighted by atomic mass is 9.96. The maximum absolute atomic E-state index is 12.1. The van der Waals surface area contributed by atoms with Crippen molar-refractivity contribution < 1.29 is 23.8 Å². The fraction of sp³-hybridized carbons (Fsp3) is 0.366. The number of ether oxygens (including phenoxy) is 2. The van der Waals surface area contributed by atoms with Crippen molar-refractivity contribution in [2.75, 3.05) is 26.7 Å². The highest BCUT2D eigenvalue weighted by Crippen LogP contribution is 2.37. The van der Waals surface area contributed by atoms with Crippen molar-refractivity contribution in [3.8, 4) is 28.7 Å². The maximum Gasteiger partial charge on any atom is 0.320 e. The average Bonchev–Trinajstić information content (AvgIpc) is 3.59. The lowest BCUT2D eigenvalue weighted by molar-refractivity contribution is -0.144. The normalized spacial score (nSPS) is 18.3. The number of halogens is 1. The minimum Gasteiger partial charge on any atom is -0.488 e. The molecule has 268 valence electrons. The molecule has 5 aromatic rings. The number of carboxylic acid groups (broad SMARTS) is 1. The van der Waals surface area contributed by atoms with Crippen LogP contribution in [0.4, 0.5) is 0 Å². The topological polar surface area (TPSA) is 125 Å². The zero-order valence-electron chi connectivity index (χ0n) is 29.5. The maximum atomic E-state index is 12.1. The predicted molar refractivity (Wildman–Crippen MR) is 198 cm³/mol. The van der Waals surface area contributed by atoms with Gasteiger partial charge in [0.25, 0.3) is 0 Å². The summed E-state index contributed by atoms with van der Waals surface area (Å²) in [6, 6.07) is 19.2. The predicted octanol–water partition coefficient (Wildman–Crippen LogP) is 8.13. The molecule has 0 bridgehead atoms. The van der Waals surface area contributed by atoms with Gasteiger partial charge in [-0.3, -0.25) is 14.7 Å². The molecule has 2 fully saturated rings. The molecule has 0 radical (unpaired) electrons. The number of aromatic nitrogens is 2. The van der Waals surface area contributed by atoms with E-state index in [2.05, 4.69) is 48.1 Å². The Kier molecular flexibility index (Phi) is 10.7. The molecule has 0 spiro atoms. The van der Waals surface area contributed by atoms with Crippen LogP contribution in [0.1, 0.15) is 71.7 Å². The number of hydrogen-bond acceptors (Lipinski definition) is 9. The number of likely N-dealkylation sites (N-methyl/N-ethyl adjacent to an activating group) is 1. The summed E-state index contributed by atoms with van der Waals surface area (Å²) in [5.41, 5.74) is 7.81. The number of oxazole rings is 1. The van der Waals surface area contributed by atoms with Gasteiger partial charge < -0.3 is 23.9 Å². The molecule has 2 atom stereocenters. The van der Waals surface area contributed by atoms with E-state index in [1.165, 1.54) is 6.20 Å². The van der Waals surface area contributed by atoms with E-state index in [0.29, 0.717) is 47.5 Å². The summed E-state index contributed by atoms with van der Waals surface area (Å²) < 4.78 is 18.9. The van der Waals surface area contributed by atoms with Crippen LogP contribution in [-0.4, -0.2) is 63.6 Å². The van der Waals surface area contributed by atoms with Crippen molar-refractivity contribution >= 4 is 28.7 Å². The van der Waals surface area contributed by atoms with Gasteiger partial charge in [-0.15, -0.1) is 0 Å². The summed E-state index contributed by atoms with van der Waals surface area (Å²) in [6.45, 7) is 5.61. The molecule has 0 saturated carbocycles. The molecule has 2 aromatic heterocycles. The Hall–Kier alpha value is -4.95. The Morgan fingerprint density at radius 3 is 2.71 bits per heavy atom. The second-order valence-electron chi connectivity index (χ2n) is 13.9. The number of rotatable bonds is 11. The summed E-state index contributed by atoms with van der Waals surface area (Å²) in [7, 11) is 2.15. The molecular weight excluding hydrogens is 678 g/mol. The van der Waals surface area contributed by atoms with Gasteiger partial charge in [0.1, 0.15) is 42.3 Å². The van der Waals surface area contributed by atoms with Crippen LogP contribution >= 0.6 is 11.6 Å². The third kappa shape index (κ3) is 7.92. The molecule has 3 aromatic carbocycles. The zero-order chi connectivity index (χ0) is 36.2. The summed E-state index contributed by atoms with van der Waals surface area (Å²) in [5, 5.41) is 19.6. The van der Waals surface area contributed by atoms with Crippen molar-refractivity contribution in [2.24, 2.45) is 0 Å². The Balaban J connectivity index is 1.12. The van der Waals surface area contributed by atoms with E-state index >= 15 is 0 Å². The largest absolute Gasteiger partial charge is 0.488 e. The third-order valence-electron chi connectivity index (χ3n) is 10.2. The van der Waals surface area contributed by atoms with E-state index in [-0.39, 0.29) is 13.2 Å². The smallest absolute Gasteiger partial charge is 0.320 e. The number of aliphatic carboxylic acids is 1. The molecule has 1 N–H and O–H groups in total. The van der Waals surface area contributed by atoms with Gasteiger partial charge in [0.2, 0.25) is 0 Å². The molecule has 4 heterocycles. The molecule has 0 aliphatic carbocycles. The second-order valence-corrected chi connectivity index (χ2v) is 14.3. The van der Waals surface area contributed by atoms with Gasteiger partial charge in [0.15, 0.2) is 11.5 Å². The standard InChI is InChI=1S/C41H42ClN5O5/c1-26-31(7-5-9-33(26)29-11-12-37-35(17-29)45-40(52-37)30-8-6-13-46(2)22-30)25-51-39-18-38(50-24-28-15-27(19-43)20-44-21-28)32(16-34(39)42)23-47-14-4-3-10-36(47)41(48)49/h5,7,9,11-12,15-18,20-21,30,36H,3-4,6,8,10,13-14,22-25H2,1-2H3,(H,48,49)/t30?,36-/m0/s1. The van der Waals surface area contributed by atoms with Gasteiger partial charge in [-0.2, -0.15) is 5.26 Å². The van der Waals surface area contributed by atoms with Crippen molar-refractivity contribution in [3.05, 3.63) is 106 Å². The molecule has 7 rings (SSSR count). The van der Waals surface area contributed by atoms with Gasteiger partial charge in [0, 0.05) is 48.6 Å². The molecule has 2 saturated heterocycles. The van der Waals surface area contributed by atoms with Crippen LogP contribution in [0.25, 0.3) is 22.2 Å². The van der Waals surface area contributed by atoms with Gasteiger partial charge in [0.05, 0.1) is 10.6 Å². The minimum atomic E-state index is -0.830. The number of hydrogen-bond donors (Lipinski definition) is 1. The van der Waals surface area contributed by atoms with E-state index in [0.717, 1.165) is 89.1 Å². The molecule has 2 aliphatic rings. The van der Waals surface area contributed by atoms with Crippen molar-refractivity contribution in [1.82, 2.24) is 19.8 Å². The molecule has 52 heavy (non-hydrogen) atoms. The Bertz CT molecular complexity index is 2130. The number of carboxylic acids is 1. The number of fused-ring (bicyclic) bond motifs is 1. The first kappa shape index (κ1) is 35.5. The highest BCUT2D eigenvalue weighted by Gasteiger charge is 2.29. The van der Waals surface area contributed by atoms with Crippen LogP contribution < -0.4 is 9.47 Å². The van der Waals surface area contributed by atoms with Crippen molar-refractivity contribution in [3.63, 3.8) is 0 Å². The number of benzene rings is 3. The molecule has 2 aliphatic heterocycles. The van der Waals surface area contributed by atoms with E-state index in [4.69, 9.17) is 30.5 Å². The minimum absolute atomic E-state index is 0.162. The van der Waals surface area contributed by atoms with Crippen LogP contribution in [0, 0.1) is 18.3 Å². The van der Waals surface area contributed by atoms with E-state index in [9.17, 15) is 15.2 Å². The number of nitrogens with zero attached hydrogens (tertiary/aromatic N) is 5.